The summed E-state index contributed by atoms with van der Waals surface area (Å²) >= 11 is 0. The Morgan fingerprint density at radius 1 is 0.871 bits per heavy atom. The van der Waals surface area contributed by atoms with Gasteiger partial charge in [0.1, 0.15) is 0 Å². The molecule has 0 heterocycles. The number of aliphatic hydroxyl groups excluding tert-OH is 1. The molecule has 180 valence electrons. The second-order valence-corrected chi connectivity index (χ2v) is 12.5. The van der Waals surface area contributed by atoms with Crippen molar-refractivity contribution in [2.24, 2.45) is 46.3 Å². The fraction of sp³-hybridized carbons (Fsp3) is 1.00. The lowest BCUT2D eigenvalue weighted by Crippen LogP contribution is -2.59. The summed E-state index contributed by atoms with van der Waals surface area (Å²) in [7, 11) is 0. The summed E-state index contributed by atoms with van der Waals surface area (Å²) in [6.45, 7) is 9.00. The van der Waals surface area contributed by atoms with Gasteiger partial charge in [0.15, 0.2) is 5.60 Å². The van der Waals surface area contributed by atoms with E-state index in [1.807, 2.05) is 6.92 Å². The maximum Gasteiger partial charge on any atom is 0.417 e. The van der Waals surface area contributed by atoms with Gasteiger partial charge in [-0.15, -0.1) is 0 Å². The van der Waals surface area contributed by atoms with E-state index in [1.54, 1.807) is 0 Å². The number of alkyl halides is 3. The van der Waals surface area contributed by atoms with Crippen molar-refractivity contribution in [3.05, 3.63) is 0 Å². The maximum absolute atomic E-state index is 13.5. The molecule has 4 aliphatic carbocycles. The molecular weight excluding hydrogens is 401 g/mol. The average Bonchev–Trinajstić information content (AvgIpc) is 3.03. The Morgan fingerprint density at radius 2 is 1.55 bits per heavy atom. The van der Waals surface area contributed by atoms with E-state index in [4.69, 9.17) is 0 Å². The van der Waals surface area contributed by atoms with Crippen LogP contribution in [0.15, 0.2) is 0 Å². The Morgan fingerprint density at radius 3 is 2.19 bits per heavy atom. The monoisotopic (exact) mass is 444 g/mol. The Labute approximate surface area is 186 Å². The first kappa shape index (κ1) is 23.9. The lowest BCUT2D eigenvalue weighted by molar-refractivity contribution is -0.290. The van der Waals surface area contributed by atoms with Gasteiger partial charge < -0.3 is 10.2 Å². The second kappa shape index (κ2) is 7.89. The zero-order valence-electron chi connectivity index (χ0n) is 19.8. The van der Waals surface area contributed by atoms with Crippen LogP contribution in [0.5, 0.6) is 0 Å². The van der Waals surface area contributed by atoms with Crippen LogP contribution < -0.4 is 0 Å². The quantitative estimate of drug-likeness (QED) is 0.504. The number of hydrogen-bond donors (Lipinski definition) is 2. The average molecular weight is 445 g/mol. The minimum Gasteiger partial charge on any atom is -0.393 e. The molecular formula is C26H43F3O2. The summed E-state index contributed by atoms with van der Waals surface area (Å²) in [5.41, 5.74) is -2.20. The Kier molecular flexibility index (Phi) is 6.07. The summed E-state index contributed by atoms with van der Waals surface area (Å²) in [5, 5.41) is 20.1. The van der Waals surface area contributed by atoms with Crippen LogP contribution in [-0.4, -0.2) is 28.1 Å². The van der Waals surface area contributed by atoms with E-state index in [1.165, 1.54) is 19.3 Å². The highest BCUT2D eigenvalue weighted by atomic mass is 19.4. The predicted molar refractivity (Wildman–Crippen MR) is 116 cm³/mol. The molecule has 4 saturated carbocycles. The van der Waals surface area contributed by atoms with E-state index in [0.29, 0.717) is 41.4 Å². The Balaban J connectivity index is 1.50. The molecule has 0 spiro atoms. The molecule has 0 amide bonds. The van der Waals surface area contributed by atoms with Crippen LogP contribution in [0, 0.1) is 46.3 Å². The third-order valence-electron chi connectivity index (χ3n) is 11.1. The van der Waals surface area contributed by atoms with E-state index in [-0.39, 0.29) is 30.3 Å². The molecule has 4 aliphatic rings. The van der Waals surface area contributed by atoms with Gasteiger partial charge in [-0.1, -0.05) is 20.8 Å². The lowest BCUT2D eigenvalue weighted by Gasteiger charge is -2.62. The zero-order chi connectivity index (χ0) is 22.8. The summed E-state index contributed by atoms with van der Waals surface area (Å²) in [5.74, 6) is 3.13. The first-order valence-corrected chi connectivity index (χ1v) is 12.8. The van der Waals surface area contributed by atoms with Crippen LogP contribution in [0.4, 0.5) is 13.2 Å². The van der Waals surface area contributed by atoms with E-state index in [0.717, 1.165) is 32.1 Å². The maximum atomic E-state index is 13.5. The fourth-order valence-electron chi connectivity index (χ4n) is 9.18. The van der Waals surface area contributed by atoms with E-state index in [2.05, 4.69) is 20.8 Å². The zero-order valence-corrected chi connectivity index (χ0v) is 19.8. The lowest BCUT2D eigenvalue weighted by atomic mass is 9.43. The smallest absolute Gasteiger partial charge is 0.393 e. The minimum absolute atomic E-state index is 0.0133. The molecule has 0 saturated heterocycles. The molecule has 4 rings (SSSR count). The van der Waals surface area contributed by atoms with Crippen molar-refractivity contribution in [3.8, 4) is 0 Å². The van der Waals surface area contributed by atoms with Gasteiger partial charge in [-0.3, -0.25) is 0 Å². The summed E-state index contributed by atoms with van der Waals surface area (Å²) in [4.78, 5) is 0. The molecule has 4 fully saturated rings. The molecule has 0 aliphatic heterocycles. The Bertz CT molecular complexity index is 664. The van der Waals surface area contributed by atoms with Crippen molar-refractivity contribution in [2.45, 2.75) is 116 Å². The van der Waals surface area contributed by atoms with Crippen molar-refractivity contribution >= 4 is 0 Å². The van der Waals surface area contributed by atoms with Crippen LogP contribution in [0.2, 0.25) is 0 Å². The van der Waals surface area contributed by atoms with E-state index in [9.17, 15) is 23.4 Å². The molecule has 5 heteroatoms. The first-order chi connectivity index (χ1) is 14.3. The van der Waals surface area contributed by atoms with Gasteiger partial charge in [-0.05, 0) is 124 Å². The van der Waals surface area contributed by atoms with Gasteiger partial charge in [0, 0.05) is 0 Å². The number of halogens is 3. The molecule has 0 aromatic heterocycles. The van der Waals surface area contributed by atoms with Gasteiger partial charge in [0.2, 0.25) is 0 Å². The largest absolute Gasteiger partial charge is 0.417 e. The number of aliphatic hydroxyl groups is 2. The van der Waals surface area contributed by atoms with E-state index >= 15 is 0 Å². The third-order valence-corrected chi connectivity index (χ3v) is 11.1. The van der Waals surface area contributed by atoms with Gasteiger partial charge >= 0.3 is 6.18 Å². The third kappa shape index (κ3) is 3.78. The second-order valence-electron chi connectivity index (χ2n) is 12.5. The minimum atomic E-state index is -4.52. The van der Waals surface area contributed by atoms with E-state index < -0.39 is 11.8 Å². The SMILES string of the molecule is C[C@H](O)CC[C@@H](C)[C@H]1CC[C@H]2[C@@H]3CC[C@H]4C[C@](O)(C(F)(F)F)CC[C@]4(C)[C@H]3CC[C@]12C. The molecule has 10 atom stereocenters. The standard InChI is InChI=1S/C26H43F3O2/c1-16(5-6-17(2)30)20-9-10-21-19-8-7-18-15-25(31,26(27,28)29)14-13-23(18,3)22(19)11-12-24(20,21)4/h16-22,30-31H,5-15H2,1-4H3/t16-,17+,18+,19+,20-,21+,22+,23+,24-,25+/m1/s1. The normalized spacial score (nSPS) is 49.6. The first-order valence-electron chi connectivity index (χ1n) is 12.8. The summed E-state index contributed by atoms with van der Waals surface area (Å²) in [6, 6.07) is 0. The van der Waals surface area contributed by atoms with Crippen molar-refractivity contribution in [2.75, 3.05) is 0 Å². The van der Waals surface area contributed by atoms with Gasteiger partial charge in [0.05, 0.1) is 6.10 Å². The fourth-order valence-corrected chi connectivity index (χ4v) is 9.18. The van der Waals surface area contributed by atoms with Gasteiger partial charge in [-0.2, -0.15) is 13.2 Å². The topological polar surface area (TPSA) is 40.5 Å². The number of rotatable bonds is 4. The van der Waals surface area contributed by atoms with Crippen LogP contribution >= 0.6 is 0 Å². The number of fused-ring (bicyclic) bond motifs is 5. The predicted octanol–water partition coefficient (Wildman–Crippen LogP) is 6.74. The Hall–Kier alpha value is -0.290. The van der Waals surface area contributed by atoms with Crippen molar-refractivity contribution in [1.82, 2.24) is 0 Å². The van der Waals surface area contributed by atoms with Crippen molar-refractivity contribution < 1.29 is 23.4 Å². The van der Waals surface area contributed by atoms with Crippen molar-refractivity contribution in [1.29, 1.82) is 0 Å². The molecule has 0 radical (unpaired) electrons. The highest BCUT2D eigenvalue weighted by molar-refractivity contribution is 5.11. The van der Waals surface area contributed by atoms with Crippen LogP contribution in [0.25, 0.3) is 0 Å². The van der Waals surface area contributed by atoms with Crippen LogP contribution in [0.3, 0.4) is 0 Å². The molecule has 0 aromatic carbocycles. The van der Waals surface area contributed by atoms with Gasteiger partial charge in [-0.25, -0.2) is 0 Å². The highest BCUT2D eigenvalue weighted by Crippen LogP contribution is 2.69. The molecule has 0 unspecified atom stereocenters. The van der Waals surface area contributed by atoms with Crippen LogP contribution in [0.1, 0.15) is 98.3 Å². The van der Waals surface area contributed by atoms with Gasteiger partial charge in [0.25, 0.3) is 0 Å². The highest BCUT2D eigenvalue weighted by Gasteiger charge is 2.65. The summed E-state index contributed by atoms with van der Waals surface area (Å²) in [6.07, 6.45) is 4.19. The summed E-state index contributed by atoms with van der Waals surface area (Å²) < 4.78 is 40.6. The molecule has 31 heavy (non-hydrogen) atoms. The van der Waals surface area contributed by atoms with Crippen molar-refractivity contribution in [3.63, 3.8) is 0 Å². The molecule has 0 bridgehead atoms. The number of hydrogen-bond acceptors (Lipinski definition) is 2. The molecule has 2 N–H and O–H groups in total. The van der Waals surface area contributed by atoms with Crippen LogP contribution in [-0.2, 0) is 0 Å². The molecule has 0 aromatic rings. The molecule has 2 nitrogen and oxygen atoms in total.